The van der Waals surface area contributed by atoms with Crippen LogP contribution >= 0.6 is 11.6 Å². The Morgan fingerprint density at radius 1 is 1.33 bits per heavy atom. The number of hydrogen-bond acceptors (Lipinski definition) is 4. The Kier molecular flexibility index (Phi) is 6.91. The molecule has 132 valence electrons. The minimum absolute atomic E-state index is 0.162. The van der Waals surface area contributed by atoms with E-state index in [2.05, 4.69) is 12.2 Å². The van der Waals surface area contributed by atoms with E-state index >= 15 is 0 Å². The monoisotopic (exact) mass is 353 g/mol. The predicted molar refractivity (Wildman–Crippen MR) is 92.1 cm³/mol. The molecule has 0 saturated heterocycles. The Bertz CT molecular complexity index is 578. The molecule has 1 aliphatic rings. The van der Waals surface area contributed by atoms with Crippen molar-refractivity contribution >= 4 is 23.5 Å². The largest absolute Gasteiger partial charge is 0.482 e. The number of benzene rings is 1. The van der Waals surface area contributed by atoms with Crippen molar-refractivity contribution in [3.05, 3.63) is 29.3 Å². The molecule has 0 heterocycles. The number of rotatable bonds is 6. The summed E-state index contributed by atoms with van der Waals surface area (Å²) in [5.74, 6) is 0.0866. The molecule has 1 N–H and O–H groups in total. The van der Waals surface area contributed by atoms with E-state index in [0.717, 1.165) is 19.3 Å². The van der Waals surface area contributed by atoms with Gasteiger partial charge in [-0.3, -0.25) is 4.79 Å². The van der Waals surface area contributed by atoms with E-state index in [1.165, 1.54) is 6.42 Å². The smallest absolute Gasteiger partial charge is 0.344 e. The zero-order valence-corrected chi connectivity index (χ0v) is 14.8. The van der Waals surface area contributed by atoms with Gasteiger partial charge in [-0.2, -0.15) is 0 Å². The lowest BCUT2D eigenvalue weighted by Crippen LogP contribution is -2.46. The van der Waals surface area contributed by atoms with Gasteiger partial charge in [0.15, 0.2) is 12.7 Å². The molecule has 5 nitrogen and oxygen atoms in total. The van der Waals surface area contributed by atoms with Gasteiger partial charge in [0.25, 0.3) is 5.91 Å². The summed E-state index contributed by atoms with van der Waals surface area (Å²) < 4.78 is 10.4. The lowest BCUT2D eigenvalue weighted by molar-refractivity contribution is -0.157. The minimum atomic E-state index is -0.838. The highest BCUT2D eigenvalue weighted by Crippen LogP contribution is 2.23. The molecule has 1 saturated carbocycles. The first-order valence-electron chi connectivity index (χ1n) is 8.34. The third kappa shape index (κ3) is 5.71. The molecule has 6 heteroatoms. The normalized spacial score (nSPS) is 21.6. The minimum Gasteiger partial charge on any atom is -0.482 e. The molecule has 0 aliphatic heterocycles. The van der Waals surface area contributed by atoms with Gasteiger partial charge in [0.1, 0.15) is 5.75 Å². The zero-order valence-electron chi connectivity index (χ0n) is 14.1. The molecule has 1 aromatic rings. The summed E-state index contributed by atoms with van der Waals surface area (Å²) in [6.07, 6.45) is 3.59. The predicted octanol–water partition coefficient (Wildman–Crippen LogP) is 3.35. The molecular formula is C18H24ClNO4. The van der Waals surface area contributed by atoms with Crippen LogP contribution in [0.15, 0.2) is 24.3 Å². The maximum absolute atomic E-state index is 12.2. The van der Waals surface area contributed by atoms with Crippen LogP contribution in [-0.2, 0) is 14.3 Å². The van der Waals surface area contributed by atoms with Gasteiger partial charge in [0.05, 0.1) is 0 Å². The van der Waals surface area contributed by atoms with E-state index in [-0.39, 0.29) is 18.6 Å². The van der Waals surface area contributed by atoms with E-state index in [0.29, 0.717) is 16.7 Å². The van der Waals surface area contributed by atoms with Gasteiger partial charge in [-0.05, 0) is 43.9 Å². The van der Waals surface area contributed by atoms with Crippen molar-refractivity contribution in [2.75, 3.05) is 6.61 Å². The highest BCUT2D eigenvalue weighted by molar-refractivity contribution is 6.30. The molecule has 0 bridgehead atoms. The fourth-order valence-electron chi connectivity index (χ4n) is 2.81. The maximum atomic E-state index is 12.2. The molecular weight excluding hydrogens is 330 g/mol. The van der Waals surface area contributed by atoms with Gasteiger partial charge >= 0.3 is 5.97 Å². The first kappa shape index (κ1) is 18.6. The van der Waals surface area contributed by atoms with Crippen LogP contribution in [-0.4, -0.2) is 30.6 Å². The summed E-state index contributed by atoms with van der Waals surface area (Å²) >= 11 is 5.84. The molecule has 1 aliphatic carbocycles. The highest BCUT2D eigenvalue weighted by Gasteiger charge is 2.26. The van der Waals surface area contributed by atoms with E-state index in [1.54, 1.807) is 31.2 Å². The van der Waals surface area contributed by atoms with Crippen molar-refractivity contribution in [1.29, 1.82) is 0 Å². The molecule has 0 aromatic heterocycles. The number of amides is 1. The Labute approximate surface area is 147 Å². The third-order valence-electron chi connectivity index (χ3n) is 4.27. The van der Waals surface area contributed by atoms with Gasteiger partial charge in [-0.15, -0.1) is 0 Å². The molecule has 1 aromatic carbocycles. The van der Waals surface area contributed by atoms with E-state index < -0.39 is 12.1 Å². The molecule has 1 amide bonds. The fraction of sp³-hybridized carbons (Fsp3) is 0.556. The van der Waals surface area contributed by atoms with E-state index in [4.69, 9.17) is 21.1 Å². The number of esters is 1. The SMILES string of the molecule is C[C@@H]1CCCC[C@@H]1NC(=O)[C@@H](C)OC(=O)COc1cccc(Cl)c1. The number of ether oxygens (including phenoxy) is 2. The van der Waals surface area contributed by atoms with Crippen LogP contribution in [0.2, 0.25) is 5.02 Å². The van der Waals surface area contributed by atoms with Crippen LogP contribution in [0.3, 0.4) is 0 Å². The number of hydrogen-bond donors (Lipinski definition) is 1. The Morgan fingerprint density at radius 3 is 2.79 bits per heavy atom. The molecule has 1 fully saturated rings. The average Bonchev–Trinajstić information content (AvgIpc) is 2.55. The summed E-state index contributed by atoms with van der Waals surface area (Å²) in [6, 6.07) is 6.90. The van der Waals surface area contributed by atoms with Crippen LogP contribution in [0.25, 0.3) is 0 Å². The molecule has 0 unspecified atom stereocenters. The highest BCUT2D eigenvalue weighted by atomic mass is 35.5. The van der Waals surface area contributed by atoms with Gasteiger partial charge < -0.3 is 14.8 Å². The number of carbonyl (C=O) groups is 2. The van der Waals surface area contributed by atoms with E-state index in [1.807, 2.05) is 0 Å². The van der Waals surface area contributed by atoms with Crippen LogP contribution < -0.4 is 10.1 Å². The summed E-state index contributed by atoms with van der Waals surface area (Å²) in [5, 5.41) is 3.50. The van der Waals surface area contributed by atoms with E-state index in [9.17, 15) is 9.59 Å². The lowest BCUT2D eigenvalue weighted by atomic mass is 9.86. The molecule has 0 radical (unpaired) electrons. The van der Waals surface area contributed by atoms with Gasteiger partial charge in [-0.1, -0.05) is 37.4 Å². The second-order valence-electron chi connectivity index (χ2n) is 6.25. The maximum Gasteiger partial charge on any atom is 0.344 e. The van der Waals surface area contributed by atoms with Crippen molar-refractivity contribution in [3.63, 3.8) is 0 Å². The Hall–Kier alpha value is -1.75. The molecule has 24 heavy (non-hydrogen) atoms. The van der Waals surface area contributed by atoms with Crippen molar-refractivity contribution < 1.29 is 19.1 Å². The van der Waals surface area contributed by atoms with Crippen molar-refractivity contribution in [1.82, 2.24) is 5.32 Å². The topological polar surface area (TPSA) is 64.6 Å². The van der Waals surface area contributed by atoms with Gasteiger partial charge in [0, 0.05) is 11.1 Å². The first-order valence-corrected chi connectivity index (χ1v) is 8.71. The number of nitrogens with one attached hydrogen (secondary N) is 1. The summed E-state index contributed by atoms with van der Waals surface area (Å²) in [4.78, 5) is 24.0. The standard InChI is InChI=1S/C18H24ClNO4/c1-12-6-3-4-9-16(12)20-18(22)13(2)24-17(21)11-23-15-8-5-7-14(19)10-15/h5,7-8,10,12-13,16H,3-4,6,9,11H2,1-2H3,(H,20,22)/t12-,13-,16+/m1/s1. The Balaban J connectivity index is 1.75. The molecule has 0 spiro atoms. The zero-order chi connectivity index (χ0) is 17.5. The molecule has 3 atom stereocenters. The second kappa shape index (κ2) is 8.92. The van der Waals surface area contributed by atoms with Crippen LogP contribution in [0.5, 0.6) is 5.75 Å². The number of carbonyl (C=O) groups excluding carboxylic acids is 2. The number of halogens is 1. The summed E-state index contributed by atoms with van der Waals surface area (Å²) in [5.41, 5.74) is 0. The van der Waals surface area contributed by atoms with Crippen LogP contribution in [0, 0.1) is 5.92 Å². The quantitative estimate of drug-likeness (QED) is 0.796. The average molecular weight is 354 g/mol. The summed E-state index contributed by atoms with van der Waals surface area (Å²) in [6.45, 7) is 3.44. The van der Waals surface area contributed by atoms with Gasteiger partial charge in [0.2, 0.25) is 0 Å². The van der Waals surface area contributed by atoms with Gasteiger partial charge in [-0.25, -0.2) is 4.79 Å². The van der Waals surface area contributed by atoms with Crippen molar-refractivity contribution in [2.45, 2.75) is 51.7 Å². The van der Waals surface area contributed by atoms with Crippen LogP contribution in [0.4, 0.5) is 0 Å². The Morgan fingerprint density at radius 2 is 2.08 bits per heavy atom. The summed E-state index contributed by atoms with van der Waals surface area (Å²) in [7, 11) is 0. The van der Waals surface area contributed by atoms with Crippen LogP contribution in [0.1, 0.15) is 39.5 Å². The lowest BCUT2D eigenvalue weighted by Gasteiger charge is -2.30. The first-order chi connectivity index (χ1) is 11.5. The second-order valence-corrected chi connectivity index (χ2v) is 6.69. The van der Waals surface area contributed by atoms with Crippen molar-refractivity contribution in [2.24, 2.45) is 5.92 Å². The molecule has 2 rings (SSSR count). The third-order valence-corrected chi connectivity index (χ3v) is 4.50. The van der Waals surface area contributed by atoms with Crippen molar-refractivity contribution in [3.8, 4) is 5.75 Å². The fourth-order valence-corrected chi connectivity index (χ4v) is 2.99.